The first-order valence-corrected chi connectivity index (χ1v) is 10.2. The molecule has 2 aliphatic rings. The van der Waals surface area contributed by atoms with Gasteiger partial charge in [-0.3, -0.25) is 14.5 Å². The van der Waals surface area contributed by atoms with Crippen LogP contribution < -0.4 is 10.2 Å². The zero-order valence-corrected chi connectivity index (χ0v) is 16.8. The van der Waals surface area contributed by atoms with Gasteiger partial charge in [0.05, 0.1) is 12.1 Å². The van der Waals surface area contributed by atoms with E-state index in [0.717, 1.165) is 62.1 Å². The number of aromatic hydroxyl groups is 1. The first-order chi connectivity index (χ1) is 14.0. The van der Waals surface area contributed by atoms with Crippen molar-refractivity contribution in [2.24, 2.45) is 0 Å². The van der Waals surface area contributed by atoms with Gasteiger partial charge in [-0.2, -0.15) is 0 Å². The summed E-state index contributed by atoms with van der Waals surface area (Å²) in [5, 5.41) is 14.7. The number of phenolic OH excluding ortho intramolecular Hbond substituents is 1. The van der Waals surface area contributed by atoms with Gasteiger partial charge in [-0.25, -0.2) is 0 Å². The van der Waals surface area contributed by atoms with Crippen LogP contribution in [-0.4, -0.2) is 86.0 Å². The molecule has 7 heteroatoms. The zero-order chi connectivity index (χ0) is 20.4. The van der Waals surface area contributed by atoms with Crippen molar-refractivity contribution in [3.05, 3.63) is 35.9 Å². The molecular weight excluding hydrogens is 380 g/mol. The number of nitrogens with zero attached hydrogens (tertiary/aromatic N) is 3. The molecule has 2 fully saturated rings. The molecule has 0 aliphatic carbocycles. The Morgan fingerprint density at radius 3 is 2.67 bits per heavy atom. The van der Waals surface area contributed by atoms with Crippen molar-refractivity contribution in [3.8, 4) is 5.75 Å². The lowest BCUT2D eigenvalue weighted by Crippen LogP contribution is -2.49. The SMILES string of the molecule is C.CN1CCN(CC(=O)NC2CCN(c3ccc4c(C=O)c(O)ccc4c3)C2)CC1. The van der Waals surface area contributed by atoms with Crippen LogP contribution in [0, 0.1) is 0 Å². The van der Waals surface area contributed by atoms with E-state index < -0.39 is 0 Å². The van der Waals surface area contributed by atoms with Gasteiger partial charge >= 0.3 is 0 Å². The summed E-state index contributed by atoms with van der Waals surface area (Å²) in [7, 11) is 2.11. The number of carbonyl (C=O) groups excluding carboxylic acids is 2. The molecule has 0 aromatic heterocycles. The maximum atomic E-state index is 12.4. The molecule has 1 unspecified atom stereocenters. The summed E-state index contributed by atoms with van der Waals surface area (Å²) < 4.78 is 0. The number of benzene rings is 2. The lowest BCUT2D eigenvalue weighted by molar-refractivity contribution is -0.123. The summed E-state index contributed by atoms with van der Waals surface area (Å²) in [6.07, 6.45) is 1.61. The van der Waals surface area contributed by atoms with Crippen molar-refractivity contribution in [2.45, 2.75) is 19.9 Å². The van der Waals surface area contributed by atoms with Crippen LogP contribution in [0.5, 0.6) is 5.75 Å². The van der Waals surface area contributed by atoms with Crippen LogP contribution >= 0.6 is 0 Å². The van der Waals surface area contributed by atoms with E-state index in [9.17, 15) is 14.7 Å². The van der Waals surface area contributed by atoms with Crippen LogP contribution in [0.3, 0.4) is 0 Å². The summed E-state index contributed by atoms with van der Waals surface area (Å²) in [5.41, 5.74) is 1.39. The molecule has 2 saturated heterocycles. The third-order valence-electron chi connectivity index (χ3n) is 6.02. The third kappa shape index (κ3) is 4.74. The molecule has 0 spiro atoms. The Hall–Kier alpha value is -2.64. The molecule has 2 aromatic rings. The molecule has 2 N–H and O–H groups in total. The Morgan fingerprint density at radius 2 is 1.93 bits per heavy atom. The van der Waals surface area contributed by atoms with Gasteiger partial charge in [-0.1, -0.05) is 19.6 Å². The summed E-state index contributed by atoms with van der Waals surface area (Å²) in [6.45, 7) is 6.03. The Balaban J connectivity index is 0.00000256. The highest BCUT2D eigenvalue weighted by molar-refractivity contribution is 6.01. The fraction of sp³-hybridized carbons (Fsp3) is 0.478. The Morgan fingerprint density at radius 1 is 1.17 bits per heavy atom. The highest BCUT2D eigenvalue weighted by atomic mass is 16.3. The smallest absolute Gasteiger partial charge is 0.234 e. The van der Waals surface area contributed by atoms with E-state index >= 15 is 0 Å². The van der Waals surface area contributed by atoms with E-state index in [-0.39, 0.29) is 25.1 Å². The van der Waals surface area contributed by atoms with Gasteiger partial charge in [0.15, 0.2) is 6.29 Å². The van der Waals surface area contributed by atoms with Crippen molar-refractivity contribution >= 4 is 28.7 Å². The molecule has 1 atom stereocenters. The number of piperazine rings is 1. The van der Waals surface area contributed by atoms with Gasteiger partial charge in [0.25, 0.3) is 0 Å². The lowest BCUT2D eigenvalue weighted by atomic mass is 10.0. The highest BCUT2D eigenvalue weighted by Crippen LogP contribution is 2.30. The van der Waals surface area contributed by atoms with E-state index in [2.05, 4.69) is 27.1 Å². The minimum absolute atomic E-state index is 0. The molecule has 7 nitrogen and oxygen atoms in total. The average Bonchev–Trinajstić information content (AvgIpc) is 3.17. The van der Waals surface area contributed by atoms with E-state index in [1.165, 1.54) is 0 Å². The van der Waals surface area contributed by atoms with Crippen molar-refractivity contribution in [2.75, 3.05) is 57.8 Å². The number of aldehydes is 1. The van der Waals surface area contributed by atoms with Crippen molar-refractivity contribution in [3.63, 3.8) is 0 Å². The summed E-state index contributed by atoms with van der Waals surface area (Å²) in [6, 6.07) is 9.43. The van der Waals surface area contributed by atoms with Crippen molar-refractivity contribution in [1.29, 1.82) is 0 Å². The van der Waals surface area contributed by atoms with Gasteiger partial charge in [0.1, 0.15) is 5.75 Å². The Labute approximate surface area is 178 Å². The van der Waals surface area contributed by atoms with Crippen LogP contribution in [0.1, 0.15) is 24.2 Å². The Bertz CT molecular complexity index is 909. The molecule has 162 valence electrons. The number of carbonyl (C=O) groups is 2. The summed E-state index contributed by atoms with van der Waals surface area (Å²) >= 11 is 0. The third-order valence-corrected chi connectivity index (χ3v) is 6.02. The number of amides is 1. The Kier molecular flexibility index (Phi) is 6.95. The van der Waals surface area contributed by atoms with Crippen LogP contribution in [0.25, 0.3) is 10.8 Å². The van der Waals surface area contributed by atoms with Crippen LogP contribution in [0.15, 0.2) is 30.3 Å². The van der Waals surface area contributed by atoms with E-state index in [0.29, 0.717) is 18.4 Å². The second-order valence-corrected chi connectivity index (χ2v) is 8.10. The fourth-order valence-electron chi connectivity index (χ4n) is 4.25. The minimum atomic E-state index is 0. The topological polar surface area (TPSA) is 76.1 Å². The number of nitrogens with one attached hydrogen (secondary N) is 1. The maximum absolute atomic E-state index is 12.4. The number of hydrogen-bond acceptors (Lipinski definition) is 6. The molecule has 2 aromatic carbocycles. The predicted octanol–water partition coefficient (Wildman–Crippen LogP) is 1.94. The predicted molar refractivity (Wildman–Crippen MR) is 120 cm³/mol. The number of likely N-dealkylation sites (N-methyl/N-ethyl adjacent to an activating group) is 1. The standard InChI is InChI=1S/C22H28N4O3.CH4/c1-24-8-10-25(11-9-24)14-22(29)23-17-6-7-26(13-17)18-3-4-19-16(12-18)2-5-21(28)20(19)15-27;/h2-5,12,15,17,28H,6-11,13-14H2,1H3,(H,23,29);1H4. The molecule has 4 rings (SSSR count). The van der Waals surface area contributed by atoms with Crippen molar-refractivity contribution < 1.29 is 14.7 Å². The largest absolute Gasteiger partial charge is 0.507 e. The van der Waals surface area contributed by atoms with Crippen molar-refractivity contribution in [1.82, 2.24) is 15.1 Å². The highest BCUT2D eigenvalue weighted by Gasteiger charge is 2.25. The number of rotatable bonds is 5. The molecule has 2 aliphatic heterocycles. The van der Waals surface area contributed by atoms with Gasteiger partial charge in [-0.15, -0.1) is 0 Å². The molecule has 0 bridgehead atoms. The monoisotopic (exact) mass is 412 g/mol. The quantitative estimate of drug-likeness (QED) is 0.731. The molecule has 30 heavy (non-hydrogen) atoms. The lowest BCUT2D eigenvalue weighted by Gasteiger charge is -2.32. The first kappa shape index (κ1) is 22.1. The summed E-state index contributed by atoms with van der Waals surface area (Å²) in [5.74, 6) is 0.107. The van der Waals surface area contributed by atoms with Gasteiger partial charge in [-0.05, 0) is 42.4 Å². The van der Waals surface area contributed by atoms with Gasteiger partial charge < -0.3 is 20.2 Å². The van der Waals surface area contributed by atoms with E-state index in [4.69, 9.17) is 0 Å². The van der Waals surface area contributed by atoms with Crippen LogP contribution in [-0.2, 0) is 4.79 Å². The fourth-order valence-corrected chi connectivity index (χ4v) is 4.25. The number of anilines is 1. The second-order valence-electron chi connectivity index (χ2n) is 8.10. The first-order valence-electron chi connectivity index (χ1n) is 10.2. The van der Waals surface area contributed by atoms with Gasteiger partial charge in [0.2, 0.25) is 5.91 Å². The summed E-state index contributed by atoms with van der Waals surface area (Å²) in [4.78, 5) is 30.5. The molecule has 1 amide bonds. The van der Waals surface area contributed by atoms with Crippen LogP contribution in [0.2, 0.25) is 0 Å². The van der Waals surface area contributed by atoms with Gasteiger partial charge in [0, 0.05) is 51.0 Å². The second kappa shape index (κ2) is 9.45. The molecule has 0 radical (unpaired) electrons. The van der Waals surface area contributed by atoms with E-state index in [1.807, 2.05) is 24.3 Å². The van der Waals surface area contributed by atoms with E-state index in [1.54, 1.807) is 6.07 Å². The molecular formula is C23H32N4O3. The molecule has 0 saturated carbocycles. The maximum Gasteiger partial charge on any atom is 0.234 e. The zero-order valence-electron chi connectivity index (χ0n) is 16.8. The number of hydrogen-bond donors (Lipinski definition) is 2. The number of fused-ring (bicyclic) bond motifs is 1. The normalized spacial score (nSPS) is 20.2. The molecule has 2 heterocycles. The average molecular weight is 413 g/mol. The van der Waals surface area contributed by atoms with Crippen LogP contribution in [0.4, 0.5) is 5.69 Å². The minimum Gasteiger partial charge on any atom is -0.507 e. The number of phenols is 1.